The molecule has 2 rings (SSSR count). The van der Waals surface area contributed by atoms with Gasteiger partial charge >= 0.3 is 5.97 Å². The summed E-state index contributed by atoms with van der Waals surface area (Å²) in [6, 6.07) is 7.69. The largest absolute Gasteiger partial charge is 0.493 e. The van der Waals surface area contributed by atoms with E-state index in [0.717, 1.165) is 0 Å². The molecule has 0 saturated carbocycles. The van der Waals surface area contributed by atoms with Crippen LogP contribution in [-0.4, -0.2) is 18.2 Å². The molecule has 0 aromatic heterocycles. The molecule has 0 saturated heterocycles. The number of carbonyl (C=O) groups is 1. The molecule has 0 fully saturated rings. The molecule has 122 valence electrons. The van der Waals surface area contributed by atoms with Gasteiger partial charge in [0.2, 0.25) is 0 Å². The summed E-state index contributed by atoms with van der Waals surface area (Å²) in [6.07, 6.45) is 0. The van der Waals surface area contributed by atoms with Crippen molar-refractivity contribution in [2.24, 2.45) is 5.73 Å². The molecule has 0 spiro atoms. The van der Waals surface area contributed by atoms with Crippen LogP contribution in [0.1, 0.15) is 17.2 Å². The second-order valence-corrected chi connectivity index (χ2v) is 5.12. The molecule has 7 heteroatoms. The Morgan fingerprint density at radius 1 is 1.35 bits per heavy atom. The number of carboxylic acid groups (broad SMARTS) is 1. The fraction of sp³-hybridized carbons (Fsp3) is 0.188. The smallest absolute Gasteiger partial charge is 0.325 e. The fourth-order valence-corrected chi connectivity index (χ4v) is 2.18. The van der Waals surface area contributed by atoms with Crippen LogP contribution in [0.5, 0.6) is 11.5 Å². The van der Waals surface area contributed by atoms with Crippen molar-refractivity contribution in [2.45, 2.75) is 12.6 Å². The Morgan fingerprint density at radius 3 is 2.70 bits per heavy atom. The second kappa shape index (κ2) is 7.30. The van der Waals surface area contributed by atoms with Gasteiger partial charge in [-0.2, -0.15) is 0 Å². The SMILES string of the molecule is COc1cc([C@H](N)C(=O)O)ccc1OCc1c(F)cccc1Cl. The Bertz CT molecular complexity index is 703. The first-order valence-electron chi connectivity index (χ1n) is 6.66. The van der Waals surface area contributed by atoms with Crippen LogP contribution in [0.4, 0.5) is 4.39 Å². The van der Waals surface area contributed by atoms with Gasteiger partial charge in [-0.3, -0.25) is 4.79 Å². The fourth-order valence-electron chi connectivity index (χ4n) is 1.96. The third kappa shape index (κ3) is 3.91. The summed E-state index contributed by atoms with van der Waals surface area (Å²) in [5, 5.41) is 9.19. The number of aliphatic carboxylic acids is 1. The first-order chi connectivity index (χ1) is 10.9. The Hall–Kier alpha value is -2.31. The van der Waals surface area contributed by atoms with Gasteiger partial charge in [-0.1, -0.05) is 23.7 Å². The van der Waals surface area contributed by atoms with Crippen LogP contribution in [0.15, 0.2) is 36.4 Å². The van der Waals surface area contributed by atoms with E-state index in [1.54, 1.807) is 6.07 Å². The van der Waals surface area contributed by atoms with Gasteiger partial charge in [-0.25, -0.2) is 4.39 Å². The maximum atomic E-state index is 13.7. The van der Waals surface area contributed by atoms with Gasteiger partial charge in [0.25, 0.3) is 0 Å². The number of rotatable bonds is 6. The van der Waals surface area contributed by atoms with E-state index < -0.39 is 17.8 Å². The lowest BCUT2D eigenvalue weighted by Crippen LogP contribution is -2.20. The van der Waals surface area contributed by atoms with Crippen LogP contribution in [-0.2, 0) is 11.4 Å². The van der Waals surface area contributed by atoms with E-state index in [2.05, 4.69) is 0 Å². The van der Waals surface area contributed by atoms with Gasteiger partial charge in [-0.05, 0) is 29.8 Å². The lowest BCUT2D eigenvalue weighted by atomic mass is 10.1. The highest BCUT2D eigenvalue weighted by molar-refractivity contribution is 6.31. The summed E-state index contributed by atoms with van der Waals surface area (Å²) in [6.45, 7) is -0.0911. The number of ether oxygens (including phenoxy) is 2. The average Bonchev–Trinajstić information content (AvgIpc) is 2.53. The molecule has 23 heavy (non-hydrogen) atoms. The van der Waals surface area contributed by atoms with Gasteiger partial charge in [-0.15, -0.1) is 0 Å². The van der Waals surface area contributed by atoms with Crippen LogP contribution >= 0.6 is 11.6 Å². The van der Waals surface area contributed by atoms with Crippen LogP contribution in [0.3, 0.4) is 0 Å². The number of halogens is 2. The van der Waals surface area contributed by atoms with E-state index in [4.69, 9.17) is 31.9 Å². The summed E-state index contributed by atoms with van der Waals surface area (Å²) in [5.74, 6) is -1.00. The minimum atomic E-state index is -1.17. The summed E-state index contributed by atoms with van der Waals surface area (Å²) in [5.41, 5.74) is 6.14. The quantitative estimate of drug-likeness (QED) is 0.844. The van der Waals surface area contributed by atoms with E-state index in [9.17, 15) is 9.18 Å². The molecule has 3 N–H and O–H groups in total. The van der Waals surface area contributed by atoms with E-state index in [1.165, 1.54) is 37.4 Å². The first kappa shape index (κ1) is 17.1. The maximum Gasteiger partial charge on any atom is 0.325 e. The summed E-state index contributed by atoms with van der Waals surface area (Å²) >= 11 is 5.94. The topological polar surface area (TPSA) is 81.8 Å². The van der Waals surface area contributed by atoms with Crippen molar-refractivity contribution in [1.29, 1.82) is 0 Å². The minimum Gasteiger partial charge on any atom is -0.493 e. The predicted molar refractivity (Wildman–Crippen MR) is 83.3 cm³/mol. The lowest BCUT2D eigenvalue weighted by Gasteiger charge is -2.14. The standard InChI is InChI=1S/C16H15ClFNO4/c1-22-14-7-9(15(19)16(20)21)5-6-13(14)23-8-10-11(17)3-2-4-12(10)18/h2-7,15H,8,19H2,1H3,(H,20,21)/t15-/m0/s1. The average molecular weight is 340 g/mol. The highest BCUT2D eigenvalue weighted by atomic mass is 35.5. The Balaban J connectivity index is 2.22. The van der Waals surface area contributed by atoms with Crippen LogP contribution < -0.4 is 15.2 Å². The Kier molecular flexibility index (Phi) is 5.41. The van der Waals surface area contributed by atoms with E-state index in [0.29, 0.717) is 17.1 Å². The molecule has 5 nitrogen and oxygen atoms in total. The Labute approximate surface area is 137 Å². The van der Waals surface area contributed by atoms with Crippen molar-refractivity contribution < 1.29 is 23.8 Å². The summed E-state index contributed by atoms with van der Waals surface area (Å²) in [4.78, 5) is 10.9. The van der Waals surface area contributed by atoms with Crippen molar-refractivity contribution in [2.75, 3.05) is 7.11 Å². The van der Waals surface area contributed by atoms with Gasteiger partial charge in [0.1, 0.15) is 18.5 Å². The van der Waals surface area contributed by atoms with Crippen molar-refractivity contribution in [3.05, 3.63) is 58.4 Å². The molecular formula is C16H15ClFNO4. The molecule has 2 aromatic rings. The highest BCUT2D eigenvalue weighted by Crippen LogP contribution is 2.31. The van der Waals surface area contributed by atoms with Gasteiger partial charge in [0, 0.05) is 5.56 Å². The molecule has 0 radical (unpaired) electrons. The first-order valence-corrected chi connectivity index (χ1v) is 7.04. The van der Waals surface area contributed by atoms with Crippen molar-refractivity contribution in [3.8, 4) is 11.5 Å². The molecule has 0 heterocycles. The second-order valence-electron chi connectivity index (χ2n) is 4.72. The lowest BCUT2D eigenvalue weighted by molar-refractivity contribution is -0.138. The van der Waals surface area contributed by atoms with E-state index in [1.807, 2.05) is 0 Å². The number of methoxy groups -OCH3 is 1. The van der Waals surface area contributed by atoms with E-state index >= 15 is 0 Å². The molecule has 0 aliphatic heterocycles. The predicted octanol–water partition coefficient (Wildman–Crippen LogP) is 3.15. The van der Waals surface area contributed by atoms with Gasteiger partial charge in [0.05, 0.1) is 12.1 Å². The molecule has 0 bridgehead atoms. The van der Waals surface area contributed by atoms with Crippen molar-refractivity contribution in [1.82, 2.24) is 0 Å². The molecule has 0 unspecified atom stereocenters. The number of hydrogen-bond donors (Lipinski definition) is 2. The number of hydrogen-bond acceptors (Lipinski definition) is 4. The molecule has 0 aliphatic carbocycles. The third-order valence-corrected chi connectivity index (χ3v) is 3.60. The zero-order chi connectivity index (χ0) is 17.0. The zero-order valence-electron chi connectivity index (χ0n) is 12.3. The van der Waals surface area contributed by atoms with E-state index in [-0.39, 0.29) is 17.2 Å². The van der Waals surface area contributed by atoms with Crippen LogP contribution in [0.25, 0.3) is 0 Å². The minimum absolute atomic E-state index is 0.0911. The number of benzene rings is 2. The molecule has 0 amide bonds. The molecule has 0 aliphatic rings. The molecular weight excluding hydrogens is 325 g/mol. The summed E-state index contributed by atoms with van der Waals surface area (Å²) in [7, 11) is 1.41. The van der Waals surface area contributed by atoms with Gasteiger partial charge < -0.3 is 20.3 Å². The van der Waals surface area contributed by atoms with Crippen LogP contribution in [0.2, 0.25) is 5.02 Å². The number of carboxylic acids is 1. The Morgan fingerprint density at radius 2 is 2.09 bits per heavy atom. The summed E-state index contributed by atoms with van der Waals surface area (Å²) < 4.78 is 24.4. The normalized spacial score (nSPS) is 11.8. The van der Waals surface area contributed by atoms with Crippen molar-refractivity contribution >= 4 is 17.6 Å². The number of nitrogens with two attached hydrogens (primary N) is 1. The highest BCUT2D eigenvalue weighted by Gasteiger charge is 2.17. The zero-order valence-corrected chi connectivity index (χ0v) is 13.0. The third-order valence-electron chi connectivity index (χ3n) is 3.25. The van der Waals surface area contributed by atoms with Crippen LogP contribution in [0, 0.1) is 5.82 Å². The van der Waals surface area contributed by atoms with Crippen molar-refractivity contribution in [3.63, 3.8) is 0 Å². The molecule has 2 aromatic carbocycles. The monoisotopic (exact) mass is 339 g/mol. The maximum absolute atomic E-state index is 13.7. The van der Waals surface area contributed by atoms with Gasteiger partial charge in [0.15, 0.2) is 11.5 Å². The molecule has 1 atom stereocenters.